The first-order valence-corrected chi connectivity index (χ1v) is 8.41. The number of nitrogens with one attached hydrogen (secondary N) is 1. The standard InChI is InChI=1S/C19H22N4/c1-2-7-20-18(5-1)14-23-9-3-4-15(13-23)10-16-11-17-6-8-21-19(17)22-12-16/h1-2,5-8,11-12,15H,3-4,9-10,13-14H2,(H,21,22). The molecule has 1 N–H and O–H groups in total. The molecular formula is C19H22N4. The van der Waals surface area contributed by atoms with Gasteiger partial charge in [0.15, 0.2) is 0 Å². The van der Waals surface area contributed by atoms with Gasteiger partial charge in [-0.3, -0.25) is 9.88 Å². The maximum absolute atomic E-state index is 4.51. The van der Waals surface area contributed by atoms with Gasteiger partial charge in [0.05, 0.1) is 5.69 Å². The van der Waals surface area contributed by atoms with E-state index >= 15 is 0 Å². The third kappa shape index (κ3) is 3.42. The highest BCUT2D eigenvalue weighted by molar-refractivity contribution is 5.75. The Balaban J connectivity index is 1.40. The molecule has 0 radical (unpaired) electrons. The van der Waals surface area contributed by atoms with Gasteiger partial charge < -0.3 is 4.98 Å². The minimum atomic E-state index is 0.714. The van der Waals surface area contributed by atoms with E-state index in [0.29, 0.717) is 5.92 Å². The molecule has 0 spiro atoms. The fourth-order valence-electron chi connectivity index (χ4n) is 3.61. The normalized spacial score (nSPS) is 19.2. The SMILES string of the molecule is c1ccc(CN2CCCC(Cc3cnc4[nH]ccc4c3)C2)nc1. The molecule has 118 valence electrons. The van der Waals surface area contributed by atoms with E-state index in [1.165, 1.54) is 36.0 Å². The molecule has 0 amide bonds. The van der Waals surface area contributed by atoms with Crippen LogP contribution in [0.5, 0.6) is 0 Å². The van der Waals surface area contributed by atoms with E-state index in [2.05, 4.69) is 44.1 Å². The van der Waals surface area contributed by atoms with E-state index in [9.17, 15) is 0 Å². The minimum absolute atomic E-state index is 0.714. The Bertz CT molecular complexity index is 765. The van der Waals surface area contributed by atoms with Gasteiger partial charge in [-0.1, -0.05) is 6.07 Å². The van der Waals surface area contributed by atoms with Crippen molar-refractivity contribution >= 4 is 11.0 Å². The number of aromatic nitrogens is 3. The van der Waals surface area contributed by atoms with Crippen molar-refractivity contribution in [2.75, 3.05) is 13.1 Å². The summed E-state index contributed by atoms with van der Waals surface area (Å²) in [5.41, 5.74) is 3.50. The molecule has 1 aliphatic heterocycles. The zero-order chi connectivity index (χ0) is 15.5. The highest BCUT2D eigenvalue weighted by atomic mass is 15.1. The van der Waals surface area contributed by atoms with Crippen molar-refractivity contribution in [1.82, 2.24) is 19.9 Å². The highest BCUT2D eigenvalue weighted by Gasteiger charge is 2.20. The van der Waals surface area contributed by atoms with Crippen LogP contribution in [0, 0.1) is 5.92 Å². The van der Waals surface area contributed by atoms with Crippen LogP contribution < -0.4 is 0 Å². The average Bonchev–Trinajstić information content (AvgIpc) is 3.04. The molecule has 3 aromatic heterocycles. The smallest absolute Gasteiger partial charge is 0.137 e. The van der Waals surface area contributed by atoms with Crippen molar-refractivity contribution in [2.45, 2.75) is 25.8 Å². The Morgan fingerprint density at radius 1 is 1.22 bits per heavy atom. The number of aromatic amines is 1. The zero-order valence-corrected chi connectivity index (χ0v) is 13.3. The summed E-state index contributed by atoms with van der Waals surface area (Å²) in [5, 5.41) is 1.21. The number of hydrogen-bond acceptors (Lipinski definition) is 3. The highest BCUT2D eigenvalue weighted by Crippen LogP contribution is 2.23. The number of rotatable bonds is 4. The van der Waals surface area contributed by atoms with Gasteiger partial charge in [0.2, 0.25) is 0 Å². The summed E-state index contributed by atoms with van der Waals surface area (Å²) in [6, 6.07) is 10.5. The third-order valence-electron chi connectivity index (χ3n) is 4.70. The van der Waals surface area contributed by atoms with E-state index < -0.39 is 0 Å². The number of likely N-dealkylation sites (tertiary alicyclic amines) is 1. The van der Waals surface area contributed by atoms with E-state index in [1.807, 2.05) is 24.7 Å². The maximum atomic E-state index is 4.51. The van der Waals surface area contributed by atoms with Crippen molar-refractivity contribution in [2.24, 2.45) is 5.92 Å². The van der Waals surface area contributed by atoms with Gasteiger partial charge in [-0.05, 0) is 61.6 Å². The van der Waals surface area contributed by atoms with Crippen molar-refractivity contribution < 1.29 is 0 Å². The van der Waals surface area contributed by atoms with Gasteiger partial charge in [-0.15, -0.1) is 0 Å². The summed E-state index contributed by atoms with van der Waals surface area (Å²) < 4.78 is 0. The Labute approximate surface area is 136 Å². The molecule has 0 aliphatic carbocycles. The Morgan fingerprint density at radius 3 is 3.13 bits per heavy atom. The molecule has 1 atom stereocenters. The van der Waals surface area contributed by atoms with Crippen LogP contribution in [0.2, 0.25) is 0 Å². The summed E-state index contributed by atoms with van der Waals surface area (Å²) in [6.07, 6.45) is 9.57. The molecule has 1 fully saturated rings. The molecule has 23 heavy (non-hydrogen) atoms. The molecule has 3 aromatic rings. The second-order valence-electron chi connectivity index (χ2n) is 6.53. The van der Waals surface area contributed by atoms with Crippen LogP contribution in [-0.2, 0) is 13.0 Å². The molecule has 1 saturated heterocycles. The predicted octanol–water partition coefficient (Wildman–Crippen LogP) is 3.41. The quantitative estimate of drug-likeness (QED) is 0.803. The summed E-state index contributed by atoms with van der Waals surface area (Å²) in [4.78, 5) is 14.7. The number of piperidine rings is 1. The molecule has 4 rings (SSSR count). The van der Waals surface area contributed by atoms with E-state index in [4.69, 9.17) is 0 Å². The summed E-state index contributed by atoms with van der Waals surface area (Å²) in [5.74, 6) is 0.714. The van der Waals surface area contributed by atoms with Gasteiger partial charge in [0, 0.05) is 37.1 Å². The van der Waals surface area contributed by atoms with Crippen molar-refractivity contribution in [3.8, 4) is 0 Å². The van der Waals surface area contributed by atoms with Gasteiger partial charge >= 0.3 is 0 Å². The van der Waals surface area contributed by atoms with Crippen molar-refractivity contribution in [3.63, 3.8) is 0 Å². The summed E-state index contributed by atoms with van der Waals surface area (Å²) >= 11 is 0. The lowest BCUT2D eigenvalue weighted by Gasteiger charge is -2.32. The molecule has 4 heterocycles. The van der Waals surface area contributed by atoms with Gasteiger partial charge in [-0.25, -0.2) is 4.98 Å². The Morgan fingerprint density at radius 2 is 2.22 bits per heavy atom. The van der Waals surface area contributed by atoms with Gasteiger partial charge in [-0.2, -0.15) is 0 Å². The fraction of sp³-hybridized carbons (Fsp3) is 0.368. The van der Waals surface area contributed by atoms with Crippen LogP contribution in [0.25, 0.3) is 11.0 Å². The number of pyridine rings is 2. The van der Waals surface area contributed by atoms with Crippen LogP contribution in [0.15, 0.2) is 48.9 Å². The van der Waals surface area contributed by atoms with Crippen molar-refractivity contribution in [3.05, 3.63) is 60.2 Å². The molecule has 1 unspecified atom stereocenters. The number of H-pyrrole nitrogens is 1. The second-order valence-corrected chi connectivity index (χ2v) is 6.53. The van der Waals surface area contributed by atoms with Crippen LogP contribution in [0.1, 0.15) is 24.1 Å². The van der Waals surface area contributed by atoms with Crippen LogP contribution in [0.4, 0.5) is 0 Å². The molecule has 4 nitrogen and oxygen atoms in total. The Kier molecular flexibility index (Phi) is 4.07. The predicted molar refractivity (Wildman–Crippen MR) is 92.0 cm³/mol. The van der Waals surface area contributed by atoms with Crippen LogP contribution in [0.3, 0.4) is 0 Å². The largest absolute Gasteiger partial charge is 0.346 e. The van der Waals surface area contributed by atoms with E-state index in [0.717, 1.165) is 25.2 Å². The molecule has 4 heteroatoms. The second kappa shape index (κ2) is 6.50. The average molecular weight is 306 g/mol. The minimum Gasteiger partial charge on any atom is -0.346 e. The lowest BCUT2D eigenvalue weighted by atomic mass is 9.91. The lowest BCUT2D eigenvalue weighted by Crippen LogP contribution is -2.35. The summed E-state index contributed by atoms with van der Waals surface area (Å²) in [7, 11) is 0. The van der Waals surface area contributed by atoms with Gasteiger partial charge in [0.25, 0.3) is 0 Å². The van der Waals surface area contributed by atoms with E-state index in [1.54, 1.807) is 0 Å². The fourth-order valence-corrected chi connectivity index (χ4v) is 3.61. The monoisotopic (exact) mass is 306 g/mol. The first kappa shape index (κ1) is 14.4. The number of fused-ring (bicyclic) bond motifs is 1. The molecule has 1 aliphatic rings. The van der Waals surface area contributed by atoms with E-state index in [-0.39, 0.29) is 0 Å². The molecule has 0 bridgehead atoms. The first-order valence-electron chi connectivity index (χ1n) is 8.41. The van der Waals surface area contributed by atoms with Crippen molar-refractivity contribution in [1.29, 1.82) is 0 Å². The first-order chi connectivity index (χ1) is 11.4. The van der Waals surface area contributed by atoms with Gasteiger partial charge in [0.1, 0.15) is 5.65 Å². The molecular weight excluding hydrogens is 284 g/mol. The number of hydrogen-bond donors (Lipinski definition) is 1. The third-order valence-corrected chi connectivity index (χ3v) is 4.70. The van der Waals surface area contributed by atoms with Crippen LogP contribution >= 0.6 is 0 Å². The summed E-state index contributed by atoms with van der Waals surface area (Å²) in [6.45, 7) is 3.30. The lowest BCUT2D eigenvalue weighted by molar-refractivity contribution is 0.165. The zero-order valence-electron chi connectivity index (χ0n) is 13.3. The Hall–Kier alpha value is -2.20. The number of nitrogens with zero attached hydrogens (tertiary/aromatic N) is 3. The molecule has 0 aromatic carbocycles. The van der Waals surface area contributed by atoms with Crippen LogP contribution in [-0.4, -0.2) is 32.9 Å². The maximum Gasteiger partial charge on any atom is 0.137 e. The molecule has 0 saturated carbocycles. The topological polar surface area (TPSA) is 44.8 Å².